The maximum absolute atomic E-state index is 5.70. The Labute approximate surface area is 115 Å². The second-order valence-corrected chi connectivity index (χ2v) is 10.7. The van der Waals surface area contributed by atoms with Crippen LogP contribution in [0.4, 0.5) is 0 Å². The van der Waals surface area contributed by atoms with Crippen LogP contribution < -0.4 is 5.09 Å². The van der Waals surface area contributed by atoms with Crippen LogP contribution in [0.1, 0.15) is 47.0 Å². The highest BCUT2D eigenvalue weighted by molar-refractivity contribution is 8.69. The highest BCUT2D eigenvalue weighted by Gasteiger charge is 2.19. The summed E-state index contributed by atoms with van der Waals surface area (Å²) >= 11 is 7.31. The minimum absolute atomic E-state index is 0.518. The molecule has 0 saturated heterocycles. The summed E-state index contributed by atoms with van der Waals surface area (Å²) in [5.41, 5.74) is -1.99. The van der Waals surface area contributed by atoms with Crippen LogP contribution in [0.25, 0.3) is 0 Å². The summed E-state index contributed by atoms with van der Waals surface area (Å²) < 4.78 is 5.70. The molecular formula is C11H25N2OPS2. The molecule has 0 amide bonds. The first-order valence-corrected chi connectivity index (χ1v) is 10.5. The minimum atomic E-state index is -1.99. The van der Waals surface area contributed by atoms with Gasteiger partial charge in [-0.15, -0.1) is 0 Å². The average Bonchev–Trinajstić information content (AvgIpc) is 2.29. The summed E-state index contributed by atoms with van der Waals surface area (Å²) in [5.74, 6) is 0. The zero-order valence-electron chi connectivity index (χ0n) is 11.3. The Morgan fingerprint density at radius 1 is 1.47 bits per heavy atom. The average molecular weight is 296 g/mol. The Kier molecular flexibility index (Phi) is 10.6. The molecule has 0 heterocycles. The zero-order chi connectivity index (χ0) is 13.1. The third-order valence-corrected chi connectivity index (χ3v) is 8.09. The monoisotopic (exact) mass is 296 g/mol. The van der Waals surface area contributed by atoms with Crippen molar-refractivity contribution in [2.24, 2.45) is 4.99 Å². The SMILES string of the molecule is CCCCN=CNP(=S)(OCC)SC(C)CC. The van der Waals surface area contributed by atoms with Gasteiger partial charge >= 0.3 is 0 Å². The van der Waals surface area contributed by atoms with Crippen molar-refractivity contribution in [3.8, 4) is 0 Å². The topological polar surface area (TPSA) is 33.6 Å². The highest BCUT2D eigenvalue weighted by Crippen LogP contribution is 2.58. The molecule has 0 bridgehead atoms. The van der Waals surface area contributed by atoms with E-state index < -0.39 is 5.62 Å². The molecule has 0 aliphatic carbocycles. The first-order chi connectivity index (χ1) is 8.08. The van der Waals surface area contributed by atoms with E-state index in [4.69, 9.17) is 16.3 Å². The number of nitrogens with one attached hydrogen (secondary N) is 1. The number of aliphatic imine (C=N–C) groups is 1. The van der Waals surface area contributed by atoms with Crippen molar-refractivity contribution in [1.29, 1.82) is 0 Å². The molecule has 0 aromatic heterocycles. The van der Waals surface area contributed by atoms with E-state index in [1.165, 1.54) is 6.42 Å². The lowest BCUT2D eigenvalue weighted by atomic mass is 10.3. The second-order valence-electron chi connectivity index (χ2n) is 3.76. The van der Waals surface area contributed by atoms with Crippen LogP contribution in [0.5, 0.6) is 0 Å². The van der Waals surface area contributed by atoms with Gasteiger partial charge in [-0.05, 0) is 31.6 Å². The molecule has 17 heavy (non-hydrogen) atoms. The molecule has 0 aromatic rings. The standard InChI is InChI=1S/C11H25N2OPS2/c1-5-8-9-12-10-13-15(16,14-7-3)17-11(4)6-2/h10-11H,5-9H2,1-4H3,(H,12,13,16). The van der Waals surface area contributed by atoms with Crippen molar-refractivity contribution in [2.45, 2.75) is 52.2 Å². The van der Waals surface area contributed by atoms with Gasteiger partial charge in [0.2, 0.25) is 5.62 Å². The van der Waals surface area contributed by atoms with E-state index in [0.717, 1.165) is 19.4 Å². The molecule has 0 fully saturated rings. The maximum atomic E-state index is 5.70. The Hall–Kier alpha value is 0.430. The molecule has 102 valence electrons. The molecule has 3 nitrogen and oxygen atoms in total. The first-order valence-electron chi connectivity index (χ1n) is 6.27. The number of hydrogen-bond acceptors (Lipinski definition) is 4. The lowest BCUT2D eigenvalue weighted by Crippen LogP contribution is -2.10. The molecule has 2 atom stereocenters. The normalized spacial score (nSPS) is 16.9. The van der Waals surface area contributed by atoms with Crippen molar-refractivity contribution < 1.29 is 4.52 Å². The van der Waals surface area contributed by atoms with E-state index in [1.54, 1.807) is 17.7 Å². The van der Waals surface area contributed by atoms with Gasteiger partial charge in [0.05, 0.1) is 12.9 Å². The van der Waals surface area contributed by atoms with Gasteiger partial charge in [0.1, 0.15) is 0 Å². The number of unbranched alkanes of at least 4 members (excludes halogenated alkanes) is 1. The summed E-state index contributed by atoms with van der Waals surface area (Å²) in [6, 6.07) is 0. The smallest absolute Gasteiger partial charge is 0.211 e. The van der Waals surface area contributed by atoms with Gasteiger partial charge in [-0.3, -0.25) is 4.99 Å². The second kappa shape index (κ2) is 10.4. The summed E-state index contributed by atoms with van der Waals surface area (Å²) in [7, 11) is 0. The molecule has 0 saturated carbocycles. The van der Waals surface area contributed by atoms with Gasteiger partial charge in [0.15, 0.2) is 0 Å². The fourth-order valence-electron chi connectivity index (χ4n) is 1.01. The van der Waals surface area contributed by atoms with E-state index in [0.29, 0.717) is 11.9 Å². The molecule has 2 unspecified atom stereocenters. The predicted octanol–water partition coefficient (Wildman–Crippen LogP) is 4.20. The molecule has 0 aromatic carbocycles. The van der Waals surface area contributed by atoms with Gasteiger partial charge in [0.25, 0.3) is 0 Å². The maximum Gasteiger partial charge on any atom is 0.211 e. The Balaban J connectivity index is 4.20. The molecule has 1 N–H and O–H groups in total. The quantitative estimate of drug-likeness (QED) is 0.283. The molecule has 0 aliphatic rings. The van der Waals surface area contributed by atoms with Gasteiger partial charge in [0, 0.05) is 11.8 Å². The fourth-order valence-corrected chi connectivity index (χ4v) is 6.86. The molecule has 0 aliphatic heterocycles. The van der Waals surface area contributed by atoms with Gasteiger partial charge in [-0.25, -0.2) is 0 Å². The lowest BCUT2D eigenvalue weighted by molar-refractivity contribution is 0.383. The summed E-state index contributed by atoms with van der Waals surface area (Å²) in [6.07, 6.45) is 5.12. The third-order valence-electron chi connectivity index (χ3n) is 2.14. The summed E-state index contributed by atoms with van der Waals surface area (Å²) in [4.78, 5) is 4.29. The number of rotatable bonds is 10. The lowest BCUT2D eigenvalue weighted by Gasteiger charge is -2.23. The van der Waals surface area contributed by atoms with Crippen LogP contribution in [0.3, 0.4) is 0 Å². The van der Waals surface area contributed by atoms with Crippen molar-refractivity contribution in [2.75, 3.05) is 13.2 Å². The molecule has 0 spiro atoms. The van der Waals surface area contributed by atoms with Gasteiger partial charge < -0.3 is 9.61 Å². The molecular weight excluding hydrogens is 271 g/mol. The fraction of sp³-hybridized carbons (Fsp3) is 0.909. The zero-order valence-corrected chi connectivity index (χ0v) is 13.8. The predicted molar refractivity (Wildman–Crippen MR) is 84.7 cm³/mol. The molecule has 0 radical (unpaired) electrons. The van der Waals surface area contributed by atoms with Crippen LogP contribution in [-0.4, -0.2) is 24.7 Å². The largest absolute Gasteiger partial charge is 0.327 e. The van der Waals surface area contributed by atoms with E-state index in [-0.39, 0.29) is 0 Å². The van der Waals surface area contributed by atoms with E-state index in [1.807, 2.05) is 6.92 Å². The summed E-state index contributed by atoms with van der Waals surface area (Å²) in [6.45, 7) is 10.00. The molecule has 6 heteroatoms. The van der Waals surface area contributed by atoms with Gasteiger partial charge in [-0.1, -0.05) is 38.6 Å². The van der Waals surface area contributed by atoms with Crippen molar-refractivity contribution in [3.05, 3.63) is 0 Å². The Morgan fingerprint density at radius 3 is 2.71 bits per heavy atom. The third kappa shape index (κ3) is 9.06. The minimum Gasteiger partial charge on any atom is -0.327 e. The van der Waals surface area contributed by atoms with E-state index in [2.05, 4.69) is 30.9 Å². The van der Waals surface area contributed by atoms with Crippen molar-refractivity contribution >= 4 is 35.1 Å². The van der Waals surface area contributed by atoms with Crippen LogP contribution in [0.15, 0.2) is 4.99 Å². The molecule has 0 rings (SSSR count). The van der Waals surface area contributed by atoms with Crippen LogP contribution in [-0.2, 0) is 16.3 Å². The number of nitrogens with zero attached hydrogens (tertiary/aromatic N) is 1. The van der Waals surface area contributed by atoms with Crippen molar-refractivity contribution in [1.82, 2.24) is 5.09 Å². The van der Waals surface area contributed by atoms with Crippen molar-refractivity contribution in [3.63, 3.8) is 0 Å². The first kappa shape index (κ1) is 17.4. The van der Waals surface area contributed by atoms with Gasteiger partial charge in [-0.2, -0.15) is 0 Å². The van der Waals surface area contributed by atoms with Crippen LogP contribution >= 0.6 is 17.0 Å². The van der Waals surface area contributed by atoms with E-state index in [9.17, 15) is 0 Å². The van der Waals surface area contributed by atoms with Crippen LogP contribution in [0, 0.1) is 0 Å². The summed E-state index contributed by atoms with van der Waals surface area (Å²) in [5, 5.41) is 3.71. The number of hydrogen-bond donors (Lipinski definition) is 1. The Morgan fingerprint density at radius 2 is 2.18 bits per heavy atom. The highest BCUT2D eigenvalue weighted by atomic mass is 32.9. The van der Waals surface area contributed by atoms with E-state index >= 15 is 0 Å². The van der Waals surface area contributed by atoms with Crippen LogP contribution in [0.2, 0.25) is 0 Å². The Bertz CT molecular complexity index is 262.